The van der Waals surface area contributed by atoms with Gasteiger partial charge in [0.15, 0.2) is 6.10 Å². The van der Waals surface area contributed by atoms with Crippen LogP contribution in [0.1, 0.15) is 24.4 Å². The van der Waals surface area contributed by atoms with E-state index in [0.29, 0.717) is 5.02 Å². The van der Waals surface area contributed by atoms with Crippen LogP contribution in [0, 0.1) is 6.92 Å². The van der Waals surface area contributed by atoms with Crippen LogP contribution >= 0.6 is 11.6 Å². The zero-order chi connectivity index (χ0) is 13.1. The number of furan rings is 1. The fourth-order valence-electron chi connectivity index (χ4n) is 1.76. The third-order valence-electron chi connectivity index (χ3n) is 2.69. The molecule has 0 radical (unpaired) electrons. The Hall–Kier alpha value is -1.45. The molecule has 1 aromatic heterocycles. The van der Waals surface area contributed by atoms with Gasteiger partial charge in [-0.25, -0.2) is 0 Å². The monoisotopic (exact) mass is 265 g/mol. The Kier molecular flexibility index (Phi) is 3.94. The van der Waals surface area contributed by atoms with Gasteiger partial charge < -0.3 is 14.9 Å². The van der Waals surface area contributed by atoms with Gasteiger partial charge in [0, 0.05) is 11.1 Å². The van der Waals surface area contributed by atoms with Gasteiger partial charge in [-0.3, -0.25) is 0 Å². The lowest BCUT2D eigenvalue weighted by Gasteiger charge is -2.21. The highest BCUT2D eigenvalue weighted by Crippen LogP contribution is 2.28. The molecule has 2 N–H and O–H groups in total. The molecule has 0 amide bonds. The van der Waals surface area contributed by atoms with Crippen molar-refractivity contribution in [3.05, 3.63) is 52.9 Å². The standard InChI is InChI=1S/C14H16ClNO2/c1-9-8-11(15)5-6-12(9)18-14(10(2)16)13-4-3-7-17-13/h3-8,10,14H,16H2,1-2H3. The fraction of sp³-hybridized carbons (Fsp3) is 0.286. The van der Waals surface area contributed by atoms with Crippen LogP contribution in [0.5, 0.6) is 5.75 Å². The van der Waals surface area contributed by atoms with Crippen LogP contribution < -0.4 is 10.5 Å². The molecule has 96 valence electrons. The summed E-state index contributed by atoms with van der Waals surface area (Å²) in [5, 5.41) is 0.690. The molecule has 2 unspecified atom stereocenters. The smallest absolute Gasteiger partial charge is 0.171 e. The summed E-state index contributed by atoms with van der Waals surface area (Å²) >= 11 is 5.92. The van der Waals surface area contributed by atoms with Gasteiger partial charge in [0.1, 0.15) is 11.5 Å². The van der Waals surface area contributed by atoms with Crippen molar-refractivity contribution in [2.75, 3.05) is 0 Å². The van der Waals surface area contributed by atoms with Gasteiger partial charge in [0.05, 0.1) is 6.26 Å². The van der Waals surface area contributed by atoms with E-state index in [1.165, 1.54) is 0 Å². The van der Waals surface area contributed by atoms with Crippen molar-refractivity contribution in [2.45, 2.75) is 26.0 Å². The normalized spacial score (nSPS) is 14.2. The highest BCUT2D eigenvalue weighted by atomic mass is 35.5. The van der Waals surface area contributed by atoms with E-state index in [2.05, 4.69) is 0 Å². The van der Waals surface area contributed by atoms with Gasteiger partial charge in [-0.15, -0.1) is 0 Å². The number of benzene rings is 1. The van der Waals surface area contributed by atoms with Gasteiger partial charge >= 0.3 is 0 Å². The SMILES string of the molecule is Cc1cc(Cl)ccc1OC(c1ccco1)C(C)N. The van der Waals surface area contributed by atoms with Gasteiger partial charge in [-0.05, 0) is 49.7 Å². The Bertz CT molecular complexity index is 509. The molecule has 0 aliphatic carbocycles. The second kappa shape index (κ2) is 5.46. The number of ether oxygens (including phenoxy) is 1. The number of hydrogen-bond acceptors (Lipinski definition) is 3. The zero-order valence-corrected chi connectivity index (χ0v) is 11.1. The van der Waals surface area contributed by atoms with Crippen LogP contribution in [0.4, 0.5) is 0 Å². The fourth-order valence-corrected chi connectivity index (χ4v) is 1.99. The molecule has 0 spiro atoms. The molecule has 0 saturated heterocycles. The van der Waals surface area contributed by atoms with E-state index < -0.39 is 0 Å². The molecule has 3 nitrogen and oxygen atoms in total. The van der Waals surface area contributed by atoms with Crippen molar-refractivity contribution < 1.29 is 9.15 Å². The third kappa shape index (κ3) is 2.86. The summed E-state index contributed by atoms with van der Waals surface area (Å²) in [5.41, 5.74) is 6.92. The highest BCUT2D eigenvalue weighted by Gasteiger charge is 2.21. The van der Waals surface area contributed by atoms with Crippen LogP contribution in [0.15, 0.2) is 41.0 Å². The second-order valence-electron chi connectivity index (χ2n) is 4.32. The average Bonchev–Trinajstić information content (AvgIpc) is 2.80. The van der Waals surface area contributed by atoms with E-state index >= 15 is 0 Å². The van der Waals surface area contributed by atoms with E-state index in [9.17, 15) is 0 Å². The molecule has 2 atom stereocenters. The summed E-state index contributed by atoms with van der Waals surface area (Å²) in [7, 11) is 0. The van der Waals surface area contributed by atoms with Crippen molar-refractivity contribution in [3.8, 4) is 5.75 Å². The van der Waals surface area contributed by atoms with Crippen LogP contribution in [-0.2, 0) is 0 Å². The molecule has 1 aromatic carbocycles. The van der Waals surface area contributed by atoms with Crippen LogP contribution in [0.25, 0.3) is 0 Å². The van der Waals surface area contributed by atoms with Gasteiger partial charge in [0.25, 0.3) is 0 Å². The second-order valence-corrected chi connectivity index (χ2v) is 4.76. The largest absolute Gasteiger partial charge is 0.481 e. The maximum Gasteiger partial charge on any atom is 0.171 e. The lowest BCUT2D eigenvalue weighted by Crippen LogP contribution is -2.28. The van der Waals surface area contributed by atoms with Gasteiger partial charge in [-0.2, -0.15) is 0 Å². The predicted molar refractivity (Wildman–Crippen MR) is 71.9 cm³/mol. The summed E-state index contributed by atoms with van der Waals surface area (Å²) < 4.78 is 11.3. The number of rotatable bonds is 4. The van der Waals surface area contributed by atoms with Crippen molar-refractivity contribution in [2.24, 2.45) is 5.73 Å². The molecular weight excluding hydrogens is 250 g/mol. The number of halogens is 1. The quantitative estimate of drug-likeness (QED) is 0.917. The minimum Gasteiger partial charge on any atom is -0.481 e. The van der Waals surface area contributed by atoms with Crippen LogP contribution in [0.2, 0.25) is 5.02 Å². The Balaban J connectivity index is 2.24. The number of aryl methyl sites for hydroxylation is 1. The summed E-state index contributed by atoms with van der Waals surface area (Å²) in [4.78, 5) is 0. The molecule has 0 saturated carbocycles. The summed E-state index contributed by atoms with van der Waals surface area (Å²) in [6.07, 6.45) is 1.31. The average molecular weight is 266 g/mol. The Morgan fingerprint density at radius 1 is 1.33 bits per heavy atom. The molecule has 0 fully saturated rings. The van der Waals surface area contributed by atoms with Crippen LogP contribution in [0.3, 0.4) is 0 Å². The first-order valence-corrected chi connectivity index (χ1v) is 6.17. The number of hydrogen-bond donors (Lipinski definition) is 1. The van der Waals surface area contributed by atoms with Crippen molar-refractivity contribution in [3.63, 3.8) is 0 Å². The molecule has 1 heterocycles. The topological polar surface area (TPSA) is 48.4 Å². The van der Waals surface area contributed by atoms with E-state index in [0.717, 1.165) is 17.1 Å². The minimum atomic E-state index is -0.306. The molecule has 2 rings (SSSR count). The van der Waals surface area contributed by atoms with Crippen molar-refractivity contribution in [1.82, 2.24) is 0 Å². The van der Waals surface area contributed by atoms with Crippen LogP contribution in [-0.4, -0.2) is 6.04 Å². The maximum atomic E-state index is 5.94. The van der Waals surface area contributed by atoms with E-state index in [-0.39, 0.29) is 12.1 Å². The summed E-state index contributed by atoms with van der Waals surface area (Å²) in [5.74, 6) is 1.48. The first-order chi connectivity index (χ1) is 8.58. The summed E-state index contributed by atoms with van der Waals surface area (Å²) in [6.45, 7) is 3.83. The molecule has 18 heavy (non-hydrogen) atoms. The van der Waals surface area contributed by atoms with Crippen molar-refractivity contribution in [1.29, 1.82) is 0 Å². The number of nitrogens with two attached hydrogens (primary N) is 1. The Morgan fingerprint density at radius 3 is 2.67 bits per heavy atom. The van der Waals surface area contributed by atoms with E-state index in [4.69, 9.17) is 26.5 Å². The third-order valence-corrected chi connectivity index (χ3v) is 2.93. The van der Waals surface area contributed by atoms with Gasteiger partial charge in [0.2, 0.25) is 0 Å². The first kappa shape index (κ1) is 13.0. The Labute approximate surface area is 111 Å². The molecule has 0 aliphatic rings. The highest BCUT2D eigenvalue weighted by molar-refractivity contribution is 6.30. The lowest BCUT2D eigenvalue weighted by molar-refractivity contribution is 0.152. The van der Waals surface area contributed by atoms with Crippen molar-refractivity contribution >= 4 is 11.6 Å². The first-order valence-electron chi connectivity index (χ1n) is 5.79. The van der Waals surface area contributed by atoms with E-state index in [1.807, 2.05) is 38.1 Å². The molecule has 0 bridgehead atoms. The predicted octanol–water partition coefficient (Wildman–Crippen LogP) is 3.71. The molecular formula is C14H16ClNO2. The Morgan fingerprint density at radius 2 is 2.11 bits per heavy atom. The minimum absolute atomic E-state index is 0.175. The molecule has 2 aromatic rings. The lowest BCUT2D eigenvalue weighted by atomic mass is 10.1. The molecule has 0 aliphatic heterocycles. The van der Waals surface area contributed by atoms with E-state index in [1.54, 1.807) is 12.3 Å². The van der Waals surface area contributed by atoms with Gasteiger partial charge in [-0.1, -0.05) is 11.6 Å². The maximum absolute atomic E-state index is 5.94. The summed E-state index contributed by atoms with van der Waals surface area (Å²) in [6, 6.07) is 9.01. The zero-order valence-electron chi connectivity index (χ0n) is 10.4. The molecule has 4 heteroatoms.